The molecule has 0 bridgehead atoms. The first-order valence-electron chi connectivity index (χ1n) is 5.78. The van der Waals surface area contributed by atoms with Gasteiger partial charge in [-0.1, -0.05) is 35.5 Å². The van der Waals surface area contributed by atoms with Crippen LogP contribution >= 0.6 is 35.1 Å². The van der Waals surface area contributed by atoms with Gasteiger partial charge in [0.25, 0.3) is 0 Å². The van der Waals surface area contributed by atoms with Crippen molar-refractivity contribution in [1.29, 1.82) is 0 Å². The van der Waals surface area contributed by atoms with Gasteiger partial charge in [0.1, 0.15) is 17.0 Å². The molecule has 0 atom stereocenters. The van der Waals surface area contributed by atoms with Gasteiger partial charge in [0.15, 0.2) is 0 Å². The molecule has 0 spiro atoms. The van der Waals surface area contributed by atoms with Gasteiger partial charge >= 0.3 is 0 Å². The molecule has 7 heteroatoms. The number of aromatic nitrogens is 4. The second-order valence-corrected chi connectivity index (χ2v) is 5.89. The number of halogens is 1. The van der Waals surface area contributed by atoms with Crippen molar-refractivity contribution in [1.82, 2.24) is 18.7 Å². The van der Waals surface area contributed by atoms with E-state index in [4.69, 9.17) is 11.6 Å². The number of benzene rings is 1. The first-order chi connectivity index (χ1) is 9.83. The number of hydrogen-bond donors (Lipinski definition) is 0. The Morgan fingerprint density at radius 3 is 2.55 bits per heavy atom. The van der Waals surface area contributed by atoms with Gasteiger partial charge < -0.3 is 0 Å². The summed E-state index contributed by atoms with van der Waals surface area (Å²) >= 11 is 8.72. The van der Waals surface area contributed by atoms with Crippen LogP contribution in [0, 0.1) is 0 Å². The van der Waals surface area contributed by atoms with E-state index >= 15 is 0 Å². The molecule has 0 radical (unpaired) electrons. The summed E-state index contributed by atoms with van der Waals surface area (Å²) in [5.41, 5.74) is 2.93. The third-order valence-corrected chi connectivity index (χ3v) is 4.51. The highest BCUT2D eigenvalue weighted by molar-refractivity contribution is 7.98. The highest BCUT2D eigenvalue weighted by atomic mass is 35.5. The van der Waals surface area contributed by atoms with Crippen LogP contribution in [0.3, 0.4) is 0 Å². The van der Waals surface area contributed by atoms with Crippen LogP contribution < -0.4 is 0 Å². The molecule has 2 heterocycles. The van der Waals surface area contributed by atoms with E-state index < -0.39 is 0 Å². The molecule has 0 amide bonds. The summed E-state index contributed by atoms with van der Waals surface area (Å²) in [6, 6.07) is 7.81. The summed E-state index contributed by atoms with van der Waals surface area (Å²) in [5.74, 6) is 0.823. The second kappa shape index (κ2) is 6.30. The van der Waals surface area contributed by atoms with Crippen LogP contribution in [0.15, 0.2) is 48.0 Å². The normalized spacial score (nSPS) is 10.7. The van der Waals surface area contributed by atoms with E-state index in [1.807, 2.05) is 24.3 Å². The largest absolute Gasteiger partial charge is 0.244 e. The van der Waals surface area contributed by atoms with Crippen molar-refractivity contribution in [3.05, 3.63) is 53.6 Å². The Bertz CT molecular complexity index is 685. The minimum atomic E-state index is 0.746. The van der Waals surface area contributed by atoms with E-state index in [1.54, 1.807) is 24.2 Å². The molecule has 0 aliphatic heterocycles. The molecule has 0 N–H and O–H groups in total. The number of hydrogen-bond acceptors (Lipinski definition) is 6. The smallest absolute Gasteiger partial charge is 0.138 e. The average molecular weight is 321 g/mol. The number of nitrogens with zero attached hydrogens (tertiary/aromatic N) is 4. The molecule has 3 aromatic rings. The fourth-order valence-electron chi connectivity index (χ4n) is 1.61. The molecule has 20 heavy (non-hydrogen) atoms. The first-order valence-corrected chi connectivity index (χ1v) is 7.87. The summed E-state index contributed by atoms with van der Waals surface area (Å²) in [7, 11) is 0. The number of rotatable bonds is 4. The van der Waals surface area contributed by atoms with Gasteiger partial charge in [-0.2, -0.15) is 8.75 Å². The van der Waals surface area contributed by atoms with Gasteiger partial charge in [0.2, 0.25) is 0 Å². The van der Waals surface area contributed by atoms with Crippen LogP contribution in [0.5, 0.6) is 0 Å². The Balaban J connectivity index is 1.76. The lowest BCUT2D eigenvalue weighted by Crippen LogP contribution is -1.86. The molecule has 2 aromatic heterocycles. The predicted molar refractivity (Wildman–Crippen MR) is 81.9 cm³/mol. The van der Waals surface area contributed by atoms with Crippen LogP contribution in [0.1, 0.15) is 5.56 Å². The van der Waals surface area contributed by atoms with E-state index in [2.05, 4.69) is 18.7 Å². The van der Waals surface area contributed by atoms with Crippen molar-refractivity contribution < 1.29 is 0 Å². The summed E-state index contributed by atoms with van der Waals surface area (Å²) < 4.78 is 8.66. The van der Waals surface area contributed by atoms with Crippen LogP contribution in [-0.2, 0) is 5.75 Å². The summed E-state index contributed by atoms with van der Waals surface area (Å²) in [5, 5.41) is 1.65. The molecule has 3 rings (SSSR count). The van der Waals surface area contributed by atoms with Crippen LogP contribution in [0.25, 0.3) is 11.3 Å². The van der Waals surface area contributed by atoms with E-state index in [0.29, 0.717) is 0 Å². The number of thioether (sulfide) groups is 1. The fraction of sp³-hybridized carbons (Fsp3) is 0.0769. The highest BCUT2D eigenvalue weighted by Gasteiger charge is 2.11. The molecule has 100 valence electrons. The van der Waals surface area contributed by atoms with Gasteiger partial charge in [-0.05, 0) is 17.7 Å². The quantitative estimate of drug-likeness (QED) is 0.681. The average Bonchev–Trinajstić information content (AvgIpc) is 2.96. The van der Waals surface area contributed by atoms with Gasteiger partial charge in [0.05, 0.1) is 11.7 Å². The molecular formula is C13H9ClN4S2. The lowest BCUT2D eigenvalue weighted by Gasteiger charge is -2.01. The van der Waals surface area contributed by atoms with Crippen molar-refractivity contribution >= 4 is 35.1 Å². The molecule has 4 nitrogen and oxygen atoms in total. The van der Waals surface area contributed by atoms with E-state index in [1.165, 1.54) is 23.6 Å². The zero-order valence-corrected chi connectivity index (χ0v) is 12.6. The first kappa shape index (κ1) is 13.5. The molecule has 0 saturated heterocycles. The van der Waals surface area contributed by atoms with Gasteiger partial charge in [-0.3, -0.25) is 0 Å². The molecule has 0 aliphatic rings. The molecule has 1 aromatic carbocycles. The maximum Gasteiger partial charge on any atom is 0.138 e. The minimum absolute atomic E-state index is 0.746. The van der Waals surface area contributed by atoms with Crippen LogP contribution in [-0.4, -0.2) is 18.7 Å². The summed E-state index contributed by atoms with van der Waals surface area (Å²) in [4.78, 5) is 8.02. The molecule has 0 unspecified atom stereocenters. The maximum absolute atomic E-state index is 5.88. The minimum Gasteiger partial charge on any atom is -0.244 e. The Labute approximate surface area is 129 Å². The third kappa shape index (κ3) is 3.15. The fourth-order valence-corrected chi connectivity index (χ4v) is 3.37. The predicted octanol–water partition coefficient (Wildman–Crippen LogP) is 3.94. The summed E-state index contributed by atoms with van der Waals surface area (Å²) in [6.45, 7) is 0. The van der Waals surface area contributed by atoms with E-state index in [9.17, 15) is 0 Å². The van der Waals surface area contributed by atoms with Crippen molar-refractivity contribution in [2.75, 3.05) is 0 Å². The van der Waals surface area contributed by atoms with Crippen LogP contribution in [0.2, 0.25) is 5.02 Å². The Morgan fingerprint density at radius 1 is 1.05 bits per heavy atom. The van der Waals surface area contributed by atoms with E-state index in [-0.39, 0.29) is 0 Å². The van der Waals surface area contributed by atoms with Crippen molar-refractivity contribution in [2.24, 2.45) is 0 Å². The standard InChI is InChI=1S/C13H9ClN4S2/c14-11-3-1-9(2-4-11)7-19-13-12(17-20-18-13)10-5-15-8-16-6-10/h1-6,8H,7H2. The Kier molecular flexibility index (Phi) is 4.25. The molecule has 0 fully saturated rings. The van der Waals surface area contributed by atoms with Crippen molar-refractivity contribution in [3.63, 3.8) is 0 Å². The monoisotopic (exact) mass is 320 g/mol. The van der Waals surface area contributed by atoms with Crippen LogP contribution in [0.4, 0.5) is 0 Å². The lowest BCUT2D eigenvalue weighted by atomic mass is 10.2. The topological polar surface area (TPSA) is 51.6 Å². The van der Waals surface area contributed by atoms with Crippen molar-refractivity contribution in [3.8, 4) is 11.3 Å². The molecule has 0 saturated carbocycles. The lowest BCUT2D eigenvalue weighted by molar-refractivity contribution is 1.15. The van der Waals surface area contributed by atoms with Crippen molar-refractivity contribution in [2.45, 2.75) is 10.8 Å². The van der Waals surface area contributed by atoms with Gasteiger partial charge in [-0.15, -0.1) is 0 Å². The Morgan fingerprint density at radius 2 is 1.80 bits per heavy atom. The maximum atomic E-state index is 5.88. The molecular weight excluding hydrogens is 312 g/mol. The second-order valence-electron chi connectivity index (χ2n) is 3.96. The SMILES string of the molecule is Clc1ccc(CSc2nsnc2-c2cncnc2)cc1. The highest BCUT2D eigenvalue weighted by Crippen LogP contribution is 2.31. The molecule has 0 aliphatic carbocycles. The summed E-state index contributed by atoms with van der Waals surface area (Å²) in [6.07, 6.45) is 5.00. The zero-order valence-electron chi connectivity index (χ0n) is 10.2. The zero-order chi connectivity index (χ0) is 13.8. The Hall–Kier alpha value is -1.50. The third-order valence-electron chi connectivity index (χ3n) is 2.58. The van der Waals surface area contributed by atoms with E-state index in [0.717, 1.165) is 27.1 Å². The van der Waals surface area contributed by atoms with Gasteiger partial charge in [-0.25, -0.2) is 9.97 Å². The van der Waals surface area contributed by atoms with Gasteiger partial charge in [0, 0.05) is 28.7 Å².